The van der Waals surface area contributed by atoms with Gasteiger partial charge in [0.1, 0.15) is 24.5 Å². The van der Waals surface area contributed by atoms with E-state index in [1.54, 1.807) is 6.07 Å². The Bertz CT molecular complexity index is 403. The lowest BCUT2D eigenvalue weighted by Gasteiger charge is -2.20. The van der Waals surface area contributed by atoms with Gasteiger partial charge in [-0.2, -0.15) is 0 Å². The third-order valence-corrected chi connectivity index (χ3v) is 2.15. The molecule has 0 saturated carbocycles. The number of phenolic OH excluding ortho intramolecular Hbond substituents is 1. The number of hydrogen-bond acceptors (Lipinski definition) is 5. The molecule has 0 amide bonds. The third-order valence-electron chi connectivity index (χ3n) is 2.15. The summed E-state index contributed by atoms with van der Waals surface area (Å²) in [5, 5.41) is 9.56. The number of fused-ring (bicyclic) bond motifs is 1. The predicted octanol–water partition coefficient (Wildman–Crippen LogP) is 0.305. The van der Waals surface area contributed by atoms with Crippen molar-refractivity contribution in [2.24, 2.45) is 5.73 Å². The Morgan fingerprint density at radius 2 is 2.13 bits per heavy atom. The van der Waals surface area contributed by atoms with Crippen LogP contribution in [0.4, 0.5) is 0 Å². The maximum atomic E-state index is 11.5. The van der Waals surface area contributed by atoms with E-state index in [1.165, 1.54) is 6.07 Å². The molecule has 0 aromatic heterocycles. The first kappa shape index (κ1) is 9.79. The number of benzene rings is 1. The lowest BCUT2D eigenvalue weighted by molar-refractivity contribution is 0.0987. The summed E-state index contributed by atoms with van der Waals surface area (Å²) in [7, 11) is 0. The van der Waals surface area contributed by atoms with Gasteiger partial charge in [-0.3, -0.25) is 4.79 Å². The van der Waals surface area contributed by atoms with Gasteiger partial charge >= 0.3 is 0 Å². The van der Waals surface area contributed by atoms with Gasteiger partial charge < -0.3 is 20.3 Å². The molecule has 0 atom stereocenters. The van der Waals surface area contributed by atoms with Crippen molar-refractivity contribution in [3.8, 4) is 17.2 Å². The zero-order chi connectivity index (χ0) is 10.8. The van der Waals surface area contributed by atoms with Gasteiger partial charge in [-0.05, 0) is 12.1 Å². The minimum atomic E-state index is -0.366. The summed E-state index contributed by atoms with van der Waals surface area (Å²) >= 11 is 0. The SMILES string of the molecule is NCC(=O)c1c(O)ccc2c1OCCO2. The summed E-state index contributed by atoms with van der Waals surface area (Å²) in [4.78, 5) is 11.5. The van der Waals surface area contributed by atoms with E-state index >= 15 is 0 Å². The van der Waals surface area contributed by atoms with Crippen LogP contribution in [-0.4, -0.2) is 30.6 Å². The number of aromatic hydroxyl groups is 1. The van der Waals surface area contributed by atoms with E-state index in [-0.39, 0.29) is 29.4 Å². The smallest absolute Gasteiger partial charge is 0.183 e. The van der Waals surface area contributed by atoms with Crippen LogP contribution in [0.25, 0.3) is 0 Å². The highest BCUT2D eigenvalue weighted by atomic mass is 16.6. The second kappa shape index (κ2) is 3.78. The van der Waals surface area contributed by atoms with E-state index in [9.17, 15) is 9.90 Å². The van der Waals surface area contributed by atoms with Crippen molar-refractivity contribution in [2.45, 2.75) is 0 Å². The van der Waals surface area contributed by atoms with E-state index in [1.807, 2.05) is 0 Å². The first-order chi connectivity index (χ1) is 7.24. The highest BCUT2D eigenvalue weighted by Gasteiger charge is 2.23. The van der Waals surface area contributed by atoms with Crippen molar-refractivity contribution in [3.05, 3.63) is 17.7 Å². The van der Waals surface area contributed by atoms with Crippen LogP contribution < -0.4 is 15.2 Å². The highest BCUT2D eigenvalue weighted by Crippen LogP contribution is 2.38. The molecule has 0 radical (unpaired) electrons. The van der Waals surface area contributed by atoms with Crippen molar-refractivity contribution in [3.63, 3.8) is 0 Å². The summed E-state index contributed by atoms with van der Waals surface area (Å²) in [6.45, 7) is 0.628. The third kappa shape index (κ3) is 1.61. The molecule has 0 spiro atoms. The Kier molecular flexibility index (Phi) is 2.47. The molecule has 1 aliphatic heterocycles. The van der Waals surface area contributed by atoms with Crippen molar-refractivity contribution in [1.29, 1.82) is 0 Å². The number of Topliss-reactive ketones (excluding diaryl/α,β-unsaturated/α-hetero) is 1. The molecular formula is C10H11NO4. The van der Waals surface area contributed by atoms with Crippen molar-refractivity contribution >= 4 is 5.78 Å². The Hall–Kier alpha value is -1.75. The number of ketones is 1. The average molecular weight is 209 g/mol. The lowest BCUT2D eigenvalue weighted by Crippen LogP contribution is -2.20. The zero-order valence-electron chi connectivity index (χ0n) is 8.03. The van der Waals surface area contributed by atoms with Crippen LogP contribution in [0.3, 0.4) is 0 Å². The van der Waals surface area contributed by atoms with Crippen molar-refractivity contribution in [1.82, 2.24) is 0 Å². The first-order valence-corrected chi connectivity index (χ1v) is 4.59. The quantitative estimate of drug-likeness (QED) is 0.685. The van der Waals surface area contributed by atoms with Crippen LogP contribution in [0.2, 0.25) is 0 Å². The van der Waals surface area contributed by atoms with Gasteiger partial charge in [-0.25, -0.2) is 0 Å². The van der Waals surface area contributed by atoms with Gasteiger partial charge in [-0.15, -0.1) is 0 Å². The molecule has 2 rings (SSSR count). The fourth-order valence-electron chi connectivity index (χ4n) is 1.48. The molecule has 5 heteroatoms. The predicted molar refractivity (Wildman–Crippen MR) is 52.5 cm³/mol. The Labute approximate surface area is 86.4 Å². The Morgan fingerprint density at radius 3 is 2.87 bits per heavy atom. The molecule has 0 aliphatic carbocycles. The van der Waals surface area contributed by atoms with Crippen molar-refractivity contribution < 1.29 is 19.4 Å². The largest absolute Gasteiger partial charge is 0.507 e. The fourth-order valence-corrected chi connectivity index (χ4v) is 1.48. The molecule has 1 aliphatic rings. The van der Waals surface area contributed by atoms with Gasteiger partial charge in [0.15, 0.2) is 17.3 Å². The van der Waals surface area contributed by atoms with Crippen LogP contribution in [-0.2, 0) is 0 Å². The fraction of sp³-hybridized carbons (Fsp3) is 0.300. The molecule has 1 heterocycles. The standard InChI is InChI=1S/C10H11NO4/c11-5-7(13)9-6(12)1-2-8-10(9)15-4-3-14-8/h1-2,12H,3-5,11H2. The summed E-state index contributed by atoms with van der Waals surface area (Å²) in [6.07, 6.45) is 0. The van der Waals surface area contributed by atoms with Gasteiger partial charge in [-0.1, -0.05) is 0 Å². The number of rotatable bonds is 2. The number of phenols is 1. The van der Waals surface area contributed by atoms with Crippen LogP contribution >= 0.6 is 0 Å². The molecule has 80 valence electrons. The van der Waals surface area contributed by atoms with E-state index in [0.29, 0.717) is 19.0 Å². The Balaban J connectivity index is 2.55. The summed E-state index contributed by atoms with van der Waals surface area (Å²) in [5.74, 6) is 0.261. The maximum Gasteiger partial charge on any atom is 0.183 e. The number of carbonyl (C=O) groups is 1. The summed E-state index contributed by atoms with van der Waals surface area (Å²) < 4.78 is 10.6. The minimum absolute atomic E-state index is 0.106. The normalized spacial score (nSPS) is 13.7. The summed E-state index contributed by atoms with van der Waals surface area (Å²) in [6, 6.07) is 2.97. The number of hydrogen-bond donors (Lipinski definition) is 2. The maximum absolute atomic E-state index is 11.5. The van der Waals surface area contributed by atoms with Crippen LogP contribution in [0.5, 0.6) is 17.2 Å². The zero-order valence-corrected chi connectivity index (χ0v) is 8.03. The molecule has 1 aromatic rings. The molecular weight excluding hydrogens is 198 g/mol. The molecule has 0 unspecified atom stereocenters. The van der Waals surface area contributed by atoms with Gasteiger partial charge in [0, 0.05) is 0 Å². The second-order valence-corrected chi connectivity index (χ2v) is 3.11. The number of nitrogens with two attached hydrogens (primary N) is 1. The van der Waals surface area contributed by atoms with Crippen LogP contribution in [0.1, 0.15) is 10.4 Å². The van der Waals surface area contributed by atoms with E-state index in [0.717, 1.165) is 0 Å². The van der Waals surface area contributed by atoms with E-state index < -0.39 is 0 Å². The molecule has 5 nitrogen and oxygen atoms in total. The Morgan fingerprint density at radius 1 is 1.40 bits per heavy atom. The molecule has 0 bridgehead atoms. The number of carbonyl (C=O) groups excluding carboxylic acids is 1. The molecule has 0 fully saturated rings. The monoisotopic (exact) mass is 209 g/mol. The molecule has 1 aromatic carbocycles. The van der Waals surface area contributed by atoms with E-state index in [4.69, 9.17) is 15.2 Å². The first-order valence-electron chi connectivity index (χ1n) is 4.59. The average Bonchev–Trinajstić information content (AvgIpc) is 2.28. The molecule has 0 saturated heterocycles. The minimum Gasteiger partial charge on any atom is -0.507 e. The topological polar surface area (TPSA) is 81.8 Å². The molecule has 3 N–H and O–H groups in total. The van der Waals surface area contributed by atoms with Crippen LogP contribution in [0.15, 0.2) is 12.1 Å². The van der Waals surface area contributed by atoms with Gasteiger partial charge in [0.25, 0.3) is 0 Å². The van der Waals surface area contributed by atoms with Gasteiger partial charge in [0.05, 0.1) is 6.54 Å². The number of ether oxygens (including phenoxy) is 2. The lowest BCUT2D eigenvalue weighted by atomic mass is 10.1. The molecule has 15 heavy (non-hydrogen) atoms. The van der Waals surface area contributed by atoms with Crippen molar-refractivity contribution in [2.75, 3.05) is 19.8 Å². The van der Waals surface area contributed by atoms with Crippen LogP contribution in [0, 0.1) is 0 Å². The second-order valence-electron chi connectivity index (χ2n) is 3.11. The summed E-state index contributed by atoms with van der Waals surface area (Å²) in [5.41, 5.74) is 5.36. The van der Waals surface area contributed by atoms with Gasteiger partial charge in [0.2, 0.25) is 0 Å². The van der Waals surface area contributed by atoms with E-state index in [2.05, 4.69) is 0 Å². The highest BCUT2D eigenvalue weighted by molar-refractivity contribution is 6.03.